The summed E-state index contributed by atoms with van der Waals surface area (Å²) in [6.45, 7) is 2.20. The van der Waals surface area contributed by atoms with Gasteiger partial charge in [0.25, 0.3) is 0 Å². The molecule has 4 rings (SSSR count). The predicted molar refractivity (Wildman–Crippen MR) is 134 cm³/mol. The smallest absolute Gasteiger partial charge is 0.243 e. The van der Waals surface area contributed by atoms with Crippen molar-refractivity contribution in [3.63, 3.8) is 0 Å². The molecule has 7 nitrogen and oxygen atoms in total. The Labute approximate surface area is 204 Å². The number of hydrogen-bond acceptors (Lipinski definition) is 6. The molecule has 0 amide bonds. The summed E-state index contributed by atoms with van der Waals surface area (Å²) in [6.07, 6.45) is -0.480. The molecule has 0 radical (unpaired) electrons. The maximum atomic E-state index is 13.6. The maximum Gasteiger partial charge on any atom is 0.243 e. The fourth-order valence-electron chi connectivity index (χ4n) is 4.12. The van der Waals surface area contributed by atoms with E-state index in [1.807, 2.05) is 43.3 Å². The first kappa shape index (κ1) is 24.5. The maximum absolute atomic E-state index is 13.6. The molecule has 34 heavy (non-hydrogen) atoms. The molecule has 1 aliphatic rings. The summed E-state index contributed by atoms with van der Waals surface area (Å²) in [4.78, 5) is 14.2. The van der Waals surface area contributed by atoms with Crippen LogP contribution >= 0.6 is 11.6 Å². The first-order chi connectivity index (χ1) is 16.2. The Morgan fingerprint density at radius 1 is 1.15 bits per heavy atom. The van der Waals surface area contributed by atoms with E-state index in [-0.39, 0.29) is 37.0 Å². The van der Waals surface area contributed by atoms with E-state index in [1.165, 1.54) is 11.2 Å². The van der Waals surface area contributed by atoms with Crippen molar-refractivity contribution in [2.75, 3.05) is 45.3 Å². The lowest BCUT2D eigenvalue weighted by Crippen LogP contribution is -2.47. The van der Waals surface area contributed by atoms with E-state index in [1.54, 1.807) is 30.3 Å². The summed E-state index contributed by atoms with van der Waals surface area (Å²) >= 11 is 6.00. The van der Waals surface area contributed by atoms with E-state index in [9.17, 15) is 13.2 Å². The zero-order chi connectivity index (χ0) is 24.5. The minimum Gasteiger partial charge on any atom is -0.490 e. The third-order valence-corrected chi connectivity index (χ3v) is 7.96. The van der Waals surface area contributed by atoms with E-state index in [2.05, 4.69) is 0 Å². The number of anilines is 1. The van der Waals surface area contributed by atoms with Crippen LogP contribution in [0.25, 0.3) is 10.8 Å². The van der Waals surface area contributed by atoms with Crippen molar-refractivity contribution in [1.29, 1.82) is 0 Å². The van der Waals surface area contributed by atoms with Crippen LogP contribution in [0.15, 0.2) is 59.5 Å². The van der Waals surface area contributed by atoms with Crippen molar-refractivity contribution in [2.45, 2.75) is 17.9 Å². The van der Waals surface area contributed by atoms with E-state index in [0.29, 0.717) is 21.7 Å². The molecule has 0 aliphatic carbocycles. The number of Topliss-reactive ketones (excluding diaryl/α,β-unsaturated/α-hetero) is 1. The van der Waals surface area contributed by atoms with Crippen LogP contribution in [0.2, 0.25) is 5.02 Å². The lowest BCUT2D eigenvalue weighted by molar-refractivity contribution is -0.0250. The van der Waals surface area contributed by atoms with Crippen LogP contribution in [0, 0.1) is 0 Å². The highest BCUT2D eigenvalue weighted by molar-refractivity contribution is 7.89. The standard InChI is InChI=1S/C25H27ClN2O5S/c1-17(29)22-14-18(26)10-11-24(22)33-16-19-15-28(12-13-32-19)34(30,31)25-9-5-6-20-21(25)7-4-8-23(20)27(2)3/h4-11,14,19H,12-13,15-16H2,1-3H3. The van der Waals surface area contributed by atoms with Crippen molar-refractivity contribution in [1.82, 2.24) is 4.31 Å². The number of hydrogen-bond donors (Lipinski definition) is 0. The van der Waals surface area contributed by atoms with Crippen LogP contribution < -0.4 is 9.64 Å². The summed E-state index contributed by atoms with van der Waals surface area (Å²) < 4.78 is 40.3. The Bertz CT molecular complexity index is 1330. The number of nitrogens with zero attached hydrogens (tertiary/aromatic N) is 2. The van der Waals surface area contributed by atoms with Gasteiger partial charge in [-0.05, 0) is 37.3 Å². The van der Waals surface area contributed by atoms with Crippen molar-refractivity contribution >= 4 is 43.9 Å². The number of benzene rings is 3. The number of rotatable bonds is 7. The van der Waals surface area contributed by atoms with Gasteiger partial charge in [-0.2, -0.15) is 4.31 Å². The van der Waals surface area contributed by atoms with Crippen molar-refractivity contribution in [3.05, 3.63) is 65.2 Å². The van der Waals surface area contributed by atoms with Crippen molar-refractivity contribution in [2.24, 2.45) is 0 Å². The second kappa shape index (κ2) is 9.92. The zero-order valence-corrected chi connectivity index (χ0v) is 20.9. The molecule has 1 saturated heterocycles. The molecule has 0 aromatic heterocycles. The minimum absolute atomic E-state index is 0.105. The second-order valence-electron chi connectivity index (χ2n) is 8.39. The number of carbonyl (C=O) groups is 1. The molecule has 1 fully saturated rings. The van der Waals surface area contributed by atoms with Gasteiger partial charge in [0.2, 0.25) is 10.0 Å². The Kier molecular flexibility index (Phi) is 7.14. The third kappa shape index (κ3) is 4.90. The number of sulfonamides is 1. The molecule has 0 spiro atoms. The number of halogens is 1. The van der Waals surface area contributed by atoms with Crippen LogP contribution in [0.3, 0.4) is 0 Å². The van der Waals surface area contributed by atoms with Crippen molar-refractivity contribution in [3.8, 4) is 5.75 Å². The average Bonchev–Trinajstić information content (AvgIpc) is 2.82. The van der Waals surface area contributed by atoms with Crippen LogP contribution in [0.5, 0.6) is 5.75 Å². The van der Waals surface area contributed by atoms with E-state index >= 15 is 0 Å². The lowest BCUT2D eigenvalue weighted by Gasteiger charge is -2.32. The molecule has 1 aliphatic heterocycles. The van der Waals surface area contributed by atoms with Crippen LogP contribution in [-0.2, 0) is 14.8 Å². The molecule has 0 N–H and O–H groups in total. The van der Waals surface area contributed by atoms with Gasteiger partial charge in [-0.25, -0.2) is 8.42 Å². The predicted octanol–water partition coefficient (Wildman–Crippen LogP) is 4.23. The summed E-state index contributed by atoms with van der Waals surface area (Å²) in [7, 11) is 0.0961. The normalized spacial score (nSPS) is 17.0. The fraction of sp³-hybridized carbons (Fsp3) is 0.320. The third-order valence-electron chi connectivity index (χ3n) is 5.81. The average molecular weight is 503 g/mol. The Morgan fingerprint density at radius 3 is 2.62 bits per heavy atom. The lowest BCUT2D eigenvalue weighted by atomic mass is 10.1. The molecule has 9 heteroatoms. The zero-order valence-electron chi connectivity index (χ0n) is 19.3. The highest BCUT2D eigenvalue weighted by Crippen LogP contribution is 2.32. The Morgan fingerprint density at radius 2 is 1.88 bits per heavy atom. The highest BCUT2D eigenvalue weighted by atomic mass is 35.5. The van der Waals surface area contributed by atoms with Gasteiger partial charge in [0, 0.05) is 48.7 Å². The Balaban J connectivity index is 1.56. The number of ether oxygens (including phenoxy) is 2. The van der Waals surface area contributed by atoms with Crippen LogP contribution in [0.1, 0.15) is 17.3 Å². The number of fused-ring (bicyclic) bond motifs is 1. The molecule has 180 valence electrons. The SMILES string of the molecule is CC(=O)c1cc(Cl)ccc1OCC1CN(S(=O)(=O)c2cccc3c(N(C)C)cccc23)CCO1. The molecule has 3 aromatic carbocycles. The van der Waals surface area contributed by atoms with Crippen molar-refractivity contribution < 1.29 is 22.7 Å². The van der Waals surface area contributed by atoms with E-state index in [0.717, 1.165) is 11.1 Å². The number of ketones is 1. The van der Waals surface area contributed by atoms with Gasteiger partial charge >= 0.3 is 0 Å². The largest absolute Gasteiger partial charge is 0.490 e. The van der Waals surface area contributed by atoms with Gasteiger partial charge in [-0.15, -0.1) is 0 Å². The van der Waals surface area contributed by atoms with E-state index in [4.69, 9.17) is 21.1 Å². The molecule has 0 saturated carbocycles. The first-order valence-electron chi connectivity index (χ1n) is 10.9. The van der Waals surface area contributed by atoms with Gasteiger partial charge in [-0.1, -0.05) is 35.9 Å². The molecular formula is C25H27ClN2O5S. The summed E-state index contributed by atoms with van der Waals surface area (Å²) in [5, 5.41) is 2.00. The molecule has 1 atom stereocenters. The number of morpholine rings is 1. The van der Waals surface area contributed by atoms with Crippen LogP contribution in [-0.4, -0.2) is 65.0 Å². The number of carbonyl (C=O) groups excluding carboxylic acids is 1. The summed E-state index contributed by atoms with van der Waals surface area (Å²) in [5.41, 5.74) is 1.33. The fourth-order valence-corrected chi connectivity index (χ4v) is 5.95. The molecule has 0 bridgehead atoms. The van der Waals surface area contributed by atoms with Gasteiger partial charge in [0.15, 0.2) is 5.78 Å². The first-order valence-corrected chi connectivity index (χ1v) is 12.7. The van der Waals surface area contributed by atoms with Gasteiger partial charge in [-0.3, -0.25) is 4.79 Å². The van der Waals surface area contributed by atoms with E-state index < -0.39 is 16.1 Å². The highest BCUT2D eigenvalue weighted by Gasteiger charge is 2.32. The Hall–Kier alpha value is -2.65. The van der Waals surface area contributed by atoms with Gasteiger partial charge in [0.05, 0.1) is 17.1 Å². The molecule has 3 aromatic rings. The van der Waals surface area contributed by atoms with Crippen LogP contribution in [0.4, 0.5) is 5.69 Å². The minimum atomic E-state index is -3.77. The second-order valence-corrected chi connectivity index (χ2v) is 10.7. The monoisotopic (exact) mass is 502 g/mol. The molecular weight excluding hydrogens is 476 g/mol. The summed E-state index contributed by atoms with van der Waals surface area (Å²) in [5.74, 6) is 0.227. The molecule has 1 heterocycles. The quantitative estimate of drug-likeness (QED) is 0.450. The van der Waals surface area contributed by atoms with Gasteiger partial charge in [0.1, 0.15) is 18.5 Å². The summed E-state index contributed by atoms with van der Waals surface area (Å²) in [6, 6.07) is 15.8. The van der Waals surface area contributed by atoms with Gasteiger partial charge < -0.3 is 14.4 Å². The topological polar surface area (TPSA) is 76.2 Å². The molecule has 1 unspecified atom stereocenters.